The lowest BCUT2D eigenvalue weighted by Gasteiger charge is -2.58. The number of hydrogen-bond acceptors (Lipinski definition) is 5. The van der Waals surface area contributed by atoms with E-state index in [0.29, 0.717) is 19.0 Å². The molecule has 2 aliphatic carbocycles. The Hall–Kier alpha value is -2.69. The molecule has 1 spiro atoms. The van der Waals surface area contributed by atoms with Gasteiger partial charge in [-0.15, -0.1) is 0 Å². The first kappa shape index (κ1) is 21.8. The molecule has 4 atom stereocenters. The van der Waals surface area contributed by atoms with E-state index in [9.17, 15) is 4.79 Å². The average molecular weight is 463 g/mol. The minimum atomic E-state index is -0.185. The monoisotopic (exact) mass is 462 g/mol. The van der Waals surface area contributed by atoms with Gasteiger partial charge in [0.05, 0.1) is 25.0 Å². The number of carbonyl (C=O) groups is 1. The molecule has 2 aromatic carbocycles. The molecule has 2 saturated carbocycles. The SMILES string of the molecule is CCOc1cccc2c1O[C@@H]1[C@@H](C2)C(=O)[C@@H]2Cc3cccc(OCC)c3O[C@H]2C12CCCCC2. The molecule has 180 valence electrons. The highest BCUT2D eigenvalue weighted by Crippen LogP contribution is 2.58. The molecule has 0 radical (unpaired) electrons. The maximum absolute atomic E-state index is 14.0. The van der Waals surface area contributed by atoms with Crippen molar-refractivity contribution < 1.29 is 23.7 Å². The van der Waals surface area contributed by atoms with Crippen molar-refractivity contribution >= 4 is 5.78 Å². The molecule has 2 aliphatic heterocycles. The predicted molar refractivity (Wildman–Crippen MR) is 129 cm³/mol. The van der Waals surface area contributed by atoms with E-state index in [1.807, 2.05) is 38.1 Å². The largest absolute Gasteiger partial charge is 0.490 e. The molecule has 0 bridgehead atoms. The Balaban J connectivity index is 1.45. The van der Waals surface area contributed by atoms with Crippen LogP contribution in [0.25, 0.3) is 0 Å². The summed E-state index contributed by atoms with van der Waals surface area (Å²) >= 11 is 0. The third kappa shape index (κ3) is 3.23. The summed E-state index contributed by atoms with van der Waals surface area (Å²) in [5.41, 5.74) is 1.98. The quantitative estimate of drug-likeness (QED) is 0.596. The Morgan fingerprint density at radius 1 is 0.794 bits per heavy atom. The van der Waals surface area contributed by atoms with Crippen LogP contribution < -0.4 is 18.9 Å². The van der Waals surface area contributed by atoms with E-state index in [1.54, 1.807) is 0 Å². The molecule has 0 unspecified atom stereocenters. The summed E-state index contributed by atoms with van der Waals surface area (Å²) in [5.74, 6) is 3.25. The van der Waals surface area contributed by atoms with Gasteiger partial charge in [-0.3, -0.25) is 4.79 Å². The van der Waals surface area contributed by atoms with Gasteiger partial charge in [-0.05, 0) is 62.8 Å². The average Bonchev–Trinajstić information content (AvgIpc) is 2.87. The normalized spacial score (nSPS) is 28.5. The van der Waals surface area contributed by atoms with Crippen molar-refractivity contribution in [3.8, 4) is 23.0 Å². The third-order valence-corrected chi connectivity index (χ3v) is 8.47. The fourth-order valence-corrected chi connectivity index (χ4v) is 7.11. The van der Waals surface area contributed by atoms with Crippen LogP contribution in [0.1, 0.15) is 57.1 Å². The minimum absolute atomic E-state index is 0.135. The van der Waals surface area contributed by atoms with Crippen LogP contribution >= 0.6 is 0 Å². The molecule has 5 heteroatoms. The standard InChI is InChI=1S/C29H34O5/c1-3-31-22-12-8-10-18-16-20-24(30)21-17-19-11-9-13-23(32-4-2)26(19)34-28(21)29(14-6-5-7-15-29)27(20)33-25(18)22/h8-13,20-21,27-28H,3-7,14-17H2,1-2H3/t20-,21-,27+,28+/m0/s1. The Kier molecular flexibility index (Phi) is 5.46. The molecule has 2 heterocycles. The number of hydrogen-bond donors (Lipinski definition) is 0. The number of benzene rings is 2. The van der Waals surface area contributed by atoms with E-state index in [-0.39, 0.29) is 29.5 Å². The van der Waals surface area contributed by atoms with Crippen molar-refractivity contribution in [2.24, 2.45) is 17.3 Å². The smallest absolute Gasteiger partial charge is 0.164 e. The molecule has 0 aromatic heterocycles. The zero-order valence-corrected chi connectivity index (χ0v) is 20.2. The van der Waals surface area contributed by atoms with Crippen LogP contribution in [-0.4, -0.2) is 31.2 Å². The van der Waals surface area contributed by atoms with Crippen LogP contribution in [0.15, 0.2) is 36.4 Å². The van der Waals surface area contributed by atoms with Gasteiger partial charge in [0.1, 0.15) is 18.0 Å². The number of para-hydroxylation sites is 2. The summed E-state index contributed by atoms with van der Waals surface area (Å²) < 4.78 is 25.5. The van der Waals surface area contributed by atoms with Gasteiger partial charge in [0, 0.05) is 5.41 Å². The van der Waals surface area contributed by atoms with E-state index in [4.69, 9.17) is 18.9 Å². The summed E-state index contributed by atoms with van der Waals surface area (Å²) in [5, 5.41) is 0. The molecule has 5 nitrogen and oxygen atoms in total. The lowest BCUT2D eigenvalue weighted by Crippen LogP contribution is -2.67. The fourth-order valence-electron chi connectivity index (χ4n) is 7.11. The third-order valence-electron chi connectivity index (χ3n) is 8.47. The highest BCUT2D eigenvalue weighted by molar-refractivity contribution is 5.88. The van der Waals surface area contributed by atoms with E-state index in [0.717, 1.165) is 72.6 Å². The van der Waals surface area contributed by atoms with E-state index < -0.39 is 0 Å². The molecule has 4 aliphatic rings. The van der Waals surface area contributed by atoms with E-state index >= 15 is 0 Å². The second-order valence-corrected chi connectivity index (χ2v) is 10.2. The molecule has 6 rings (SSSR count). The van der Waals surface area contributed by atoms with E-state index in [1.165, 1.54) is 6.42 Å². The summed E-state index contributed by atoms with van der Waals surface area (Å²) in [6.07, 6.45) is 6.65. The van der Waals surface area contributed by atoms with Gasteiger partial charge in [0.2, 0.25) is 0 Å². The first-order valence-electron chi connectivity index (χ1n) is 13.0. The first-order valence-corrected chi connectivity index (χ1v) is 13.0. The predicted octanol–water partition coefficient (Wildman–Crippen LogP) is 5.56. The summed E-state index contributed by atoms with van der Waals surface area (Å²) in [6.45, 7) is 5.16. The molecule has 2 aromatic rings. The van der Waals surface area contributed by atoms with Gasteiger partial charge in [-0.25, -0.2) is 0 Å². The number of rotatable bonds is 4. The first-order chi connectivity index (χ1) is 16.7. The molecule has 34 heavy (non-hydrogen) atoms. The van der Waals surface area contributed by atoms with Crippen LogP contribution in [0, 0.1) is 17.3 Å². The van der Waals surface area contributed by atoms with Gasteiger partial charge in [-0.2, -0.15) is 0 Å². The van der Waals surface area contributed by atoms with Crippen LogP contribution in [0.5, 0.6) is 23.0 Å². The zero-order chi connectivity index (χ0) is 23.3. The highest BCUT2D eigenvalue weighted by atomic mass is 16.5. The van der Waals surface area contributed by atoms with Crippen LogP contribution in [-0.2, 0) is 17.6 Å². The number of Topliss-reactive ketones (excluding diaryl/α,β-unsaturated/α-hetero) is 1. The van der Waals surface area contributed by atoms with Crippen molar-refractivity contribution in [1.29, 1.82) is 0 Å². The van der Waals surface area contributed by atoms with Crippen molar-refractivity contribution in [2.75, 3.05) is 13.2 Å². The van der Waals surface area contributed by atoms with Crippen molar-refractivity contribution in [3.63, 3.8) is 0 Å². The Bertz CT molecular complexity index is 1010. The van der Waals surface area contributed by atoms with Crippen molar-refractivity contribution in [2.45, 2.75) is 71.0 Å². The number of fused-ring (bicyclic) bond motifs is 6. The van der Waals surface area contributed by atoms with Gasteiger partial charge in [-0.1, -0.05) is 43.5 Å². The van der Waals surface area contributed by atoms with Crippen LogP contribution in [0.2, 0.25) is 0 Å². The maximum atomic E-state index is 14.0. The molecule has 0 saturated heterocycles. The summed E-state index contributed by atoms with van der Waals surface area (Å²) in [6, 6.07) is 12.1. The second-order valence-electron chi connectivity index (χ2n) is 10.2. The topological polar surface area (TPSA) is 54.0 Å². The zero-order valence-electron chi connectivity index (χ0n) is 20.2. The Labute approximate surface area is 201 Å². The van der Waals surface area contributed by atoms with Gasteiger partial charge < -0.3 is 18.9 Å². The minimum Gasteiger partial charge on any atom is -0.490 e. The highest BCUT2D eigenvalue weighted by Gasteiger charge is 2.63. The maximum Gasteiger partial charge on any atom is 0.164 e. The lowest BCUT2D eigenvalue weighted by molar-refractivity contribution is -0.175. The Morgan fingerprint density at radius 3 is 1.76 bits per heavy atom. The van der Waals surface area contributed by atoms with Crippen LogP contribution in [0.3, 0.4) is 0 Å². The molecule has 0 amide bonds. The number of ether oxygens (including phenoxy) is 4. The van der Waals surface area contributed by atoms with E-state index in [2.05, 4.69) is 12.1 Å². The van der Waals surface area contributed by atoms with Gasteiger partial charge in [0.25, 0.3) is 0 Å². The van der Waals surface area contributed by atoms with Crippen molar-refractivity contribution in [1.82, 2.24) is 0 Å². The van der Waals surface area contributed by atoms with Gasteiger partial charge >= 0.3 is 0 Å². The fraction of sp³-hybridized carbons (Fsp3) is 0.552. The number of ketones is 1. The van der Waals surface area contributed by atoms with Gasteiger partial charge in [0.15, 0.2) is 23.0 Å². The Morgan fingerprint density at radius 2 is 1.29 bits per heavy atom. The summed E-state index contributed by atoms with van der Waals surface area (Å²) in [7, 11) is 0. The van der Waals surface area contributed by atoms with Crippen molar-refractivity contribution in [3.05, 3.63) is 47.5 Å². The second kappa shape index (κ2) is 8.51. The van der Waals surface area contributed by atoms with Crippen LogP contribution in [0.4, 0.5) is 0 Å². The lowest BCUT2D eigenvalue weighted by atomic mass is 9.53. The molecule has 2 fully saturated rings. The molecular weight excluding hydrogens is 428 g/mol. The molecular formula is C29H34O5. The summed E-state index contributed by atoms with van der Waals surface area (Å²) in [4.78, 5) is 14.0. The number of carbonyl (C=O) groups excluding carboxylic acids is 1. The molecule has 0 N–H and O–H groups in total.